The van der Waals surface area contributed by atoms with Crippen LogP contribution in [0.5, 0.6) is 0 Å². The quantitative estimate of drug-likeness (QED) is 0.477. The molecule has 37 heavy (non-hydrogen) atoms. The number of piperidine rings is 1. The highest BCUT2D eigenvalue weighted by Gasteiger charge is 2.42. The lowest BCUT2D eigenvalue weighted by Gasteiger charge is -2.35. The molecule has 1 aromatic carbocycles. The van der Waals surface area contributed by atoms with Crippen molar-refractivity contribution in [1.82, 2.24) is 9.97 Å². The van der Waals surface area contributed by atoms with Crippen LogP contribution >= 0.6 is 0 Å². The second-order valence-electron chi connectivity index (χ2n) is 9.64. The van der Waals surface area contributed by atoms with Crippen LogP contribution in [0.4, 0.5) is 41.0 Å². The Morgan fingerprint density at radius 1 is 1.16 bits per heavy atom. The first-order valence-corrected chi connectivity index (χ1v) is 12.3. The lowest BCUT2D eigenvalue weighted by Crippen LogP contribution is -2.43. The van der Waals surface area contributed by atoms with Gasteiger partial charge in [0, 0.05) is 44.0 Å². The van der Waals surface area contributed by atoms with Gasteiger partial charge in [-0.25, -0.2) is 14.8 Å². The summed E-state index contributed by atoms with van der Waals surface area (Å²) in [4.78, 5) is 27.6. The molecule has 5 rings (SSSR count). The molecule has 3 aromatic rings. The fourth-order valence-electron chi connectivity index (χ4n) is 4.96. The Balaban J connectivity index is 1.45. The normalized spacial score (nSPS) is 20.4. The van der Waals surface area contributed by atoms with E-state index in [1.54, 1.807) is 34.2 Å². The Kier molecular flexibility index (Phi) is 6.70. The third-order valence-electron chi connectivity index (χ3n) is 7.06. The lowest BCUT2D eigenvalue weighted by atomic mass is 9.97. The topological polar surface area (TPSA) is 77.7 Å². The van der Waals surface area contributed by atoms with E-state index >= 15 is 0 Å². The first-order valence-electron chi connectivity index (χ1n) is 12.3. The van der Waals surface area contributed by atoms with Crippen LogP contribution in [0, 0.1) is 5.92 Å². The average Bonchev–Trinajstić information content (AvgIpc) is 3.38. The summed E-state index contributed by atoms with van der Waals surface area (Å²) in [5.74, 6) is 0.0686. The molecule has 1 saturated heterocycles. The summed E-state index contributed by atoms with van der Waals surface area (Å²) in [5, 5.41) is 2.96. The zero-order chi connectivity index (χ0) is 26.2. The van der Waals surface area contributed by atoms with Gasteiger partial charge < -0.3 is 19.5 Å². The van der Waals surface area contributed by atoms with Gasteiger partial charge in [-0.05, 0) is 50.5 Å². The van der Waals surface area contributed by atoms with E-state index in [0.29, 0.717) is 49.0 Å². The zero-order valence-electron chi connectivity index (χ0n) is 20.7. The van der Waals surface area contributed by atoms with Crippen LogP contribution in [0.15, 0.2) is 53.4 Å². The van der Waals surface area contributed by atoms with E-state index in [-0.39, 0.29) is 25.0 Å². The van der Waals surface area contributed by atoms with Crippen molar-refractivity contribution in [1.29, 1.82) is 0 Å². The second kappa shape index (κ2) is 9.95. The van der Waals surface area contributed by atoms with E-state index in [9.17, 15) is 18.0 Å². The molecule has 0 unspecified atom stereocenters. The molecular formula is C26H29F3N6O2. The van der Waals surface area contributed by atoms with E-state index in [2.05, 4.69) is 10.3 Å². The number of oxazole rings is 1. The number of alkyl halides is 3. The smallest absolute Gasteiger partial charge is 0.393 e. The fourth-order valence-corrected chi connectivity index (χ4v) is 4.96. The Morgan fingerprint density at radius 3 is 2.76 bits per heavy atom. The predicted octanol–water partition coefficient (Wildman–Crippen LogP) is 5.78. The van der Waals surface area contributed by atoms with E-state index < -0.39 is 12.1 Å². The third kappa shape index (κ3) is 5.21. The summed E-state index contributed by atoms with van der Waals surface area (Å²) in [5.41, 5.74) is 2.09. The van der Waals surface area contributed by atoms with Gasteiger partial charge in [0.15, 0.2) is 18.0 Å². The van der Waals surface area contributed by atoms with E-state index in [1.165, 1.54) is 6.39 Å². The minimum absolute atomic E-state index is 0.117. The third-order valence-corrected chi connectivity index (χ3v) is 7.06. The fraction of sp³-hybridized carbons (Fsp3) is 0.423. The summed E-state index contributed by atoms with van der Waals surface area (Å²) in [6, 6.07) is 10.3. The van der Waals surface area contributed by atoms with Gasteiger partial charge in [-0.15, -0.1) is 0 Å². The van der Waals surface area contributed by atoms with Gasteiger partial charge in [0.25, 0.3) is 0 Å². The number of hydrogen-bond acceptors (Lipinski definition) is 6. The van der Waals surface area contributed by atoms with Gasteiger partial charge in [-0.1, -0.05) is 12.1 Å². The zero-order valence-corrected chi connectivity index (χ0v) is 20.7. The number of rotatable bonds is 3. The van der Waals surface area contributed by atoms with Gasteiger partial charge in [-0.3, -0.25) is 4.90 Å². The first-order chi connectivity index (χ1) is 17.7. The number of anilines is 4. The van der Waals surface area contributed by atoms with Crippen molar-refractivity contribution in [2.45, 2.75) is 38.4 Å². The molecule has 0 aliphatic carbocycles. The summed E-state index contributed by atoms with van der Waals surface area (Å²) < 4.78 is 45.6. The molecule has 196 valence electrons. The lowest BCUT2D eigenvalue weighted by molar-refractivity contribution is -0.176. The highest BCUT2D eigenvalue weighted by Crippen LogP contribution is 2.38. The van der Waals surface area contributed by atoms with Gasteiger partial charge >= 0.3 is 12.2 Å². The number of aromatic nitrogens is 2. The van der Waals surface area contributed by atoms with E-state index in [1.807, 2.05) is 37.1 Å². The molecule has 4 heterocycles. The molecule has 2 aliphatic heterocycles. The number of carbonyl (C=O) groups excluding carboxylic acids is 1. The molecule has 2 atom stereocenters. The minimum Gasteiger partial charge on any atom is -0.444 e. The number of pyridine rings is 1. The summed E-state index contributed by atoms with van der Waals surface area (Å²) >= 11 is 0. The van der Waals surface area contributed by atoms with Crippen molar-refractivity contribution in [3.05, 3.63) is 49.0 Å². The molecule has 0 saturated carbocycles. The maximum atomic E-state index is 13.6. The summed E-state index contributed by atoms with van der Waals surface area (Å²) in [6.45, 7) is 3.01. The number of urea groups is 1. The van der Waals surface area contributed by atoms with Crippen LogP contribution in [0.2, 0.25) is 0 Å². The Hall–Kier alpha value is -3.76. The monoisotopic (exact) mass is 514 g/mol. The number of fused-ring (bicyclic) bond motifs is 1. The van der Waals surface area contributed by atoms with Crippen molar-refractivity contribution < 1.29 is 22.4 Å². The molecule has 0 bridgehead atoms. The number of nitrogens with zero attached hydrogens (tertiary/aromatic N) is 5. The maximum absolute atomic E-state index is 13.6. The maximum Gasteiger partial charge on any atom is 0.393 e. The van der Waals surface area contributed by atoms with Crippen LogP contribution in [-0.4, -0.2) is 54.9 Å². The molecule has 1 N–H and O–H groups in total. The Morgan fingerprint density at radius 2 is 2.00 bits per heavy atom. The number of amides is 2. The van der Waals surface area contributed by atoms with Gasteiger partial charge in [0.1, 0.15) is 5.82 Å². The van der Waals surface area contributed by atoms with E-state index in [0.717, 1.165) is 11.3 Å². The molecule has 1 fully saturated rings. The molecular weight excluding hydrogens is 485 g/mol. The number of nitrogens with one attached hydrogen (secondary N) is 1. The van der Waals surface area contributed by atoms with Gasteiger partial charge in [-0.2, -0.15) is 13.2 Å². The molecule has 0 radical (unpaired) electrons. The van der Waals surface area contributed by atoms with Gasteiger partial charge in [0.2, 0.25) is 0 Å². The Bertz CT molecular complexity index is 1250. The van der Waals surface area contributed by atoms with Crippen molar-refractivity contribution >= 4 is 29.0 Å². The summed E-state index contributed by atoms with van der Waals surface area (Å²) in [6.07, 6.45) is -0.0507. The number of carbonyl (C=O) groups is 1. The van der Waals surface area contributed by atoms with Crippen LogP contribution in [-0.2, 0) is 0 Å². The second-order valence-corrected chi connectivity index (χ2v) is 9.64. The highest BCUT2D eigenvalue weighted by atomic mass is 19.4. The summed E-state index contributed by atoms with van der Waals surface area (Å²) in [7, 11) is 1.93. The van der Waals surface area contributed by atoms with Crippen molar-refractivity contribution in [3.63, 3.8) is 0 Å². The average molecular weight is 515 g/mol. The number of hydrogen-bond donors (Lipinski definition) is 1. The Labute approximate surface area is 213 Å². The van der Waals surface area contributed by atoms with Crippen molar-refractivity contribution in [2.24, 2.45) is 5.92 Å². The molecule has 2 amide bonds. The molecule has 2 aliphatic rings. The number of benzene rings is 1. The largest absolute Gasteiger partial charge is 0.444 e. The van der Waals surface area contributed by atoms with Crippen molar-refractivity contribution in [3.8, 4) is 11.3 Å². The van der Waals surface area contributed by atoms with Crippen LogP contribution in [0.25, 0.3) is 11.3 Å². The van der Waals surface area contributed by atoms with Crippen molar-refractivity contribution in [2.75, 3.05) is 46.7 Å². The molecule has 2 aromatic heterocycles. The predicted molar refractivity (Wildman–Crippen MR) is 136 cm³/mol. The van der Waals surface area contributed by atoms with E-state index in [4.69, 9.17) is 9.40 Å². The number of halogens is 3. The standard InChI is InChI=1S/C26H29F3N6O2/c1-17-10-12-33(2)21-8-9-23(34-11-4-6-19(15-34)26(27,28)29)32-24(21)35(17)25(36)31-20-7-3-5-18(13-20)22-14-30-16-37-22/h3,5,7-9,13-14,16-17,19H,4,6,10-12,15H2,1-2H3,(H,31,36)/t17-,19+/m1/s1. The first kappa shape index (κ1) is 24.9. The van der Waals surface area contributed by atoms with Crippen LogP contribution < -0.4 is 20.0 Å². The molecule has 11 heteroatoms. The van der Waals surface area contributed by atoms with Crippen LogP contribution in [0.3, 0.4) is 0 Å². The van der Waals surface area contributed by atoms with Gasteiger partial charge in [0.05, 0.1) is 17.8 Å². The highest BCUT2D eigenvalue weighted by molar-refractivity contribution is 6.04. The molecule has 8 nitrogen and oxygen atoms in total. The minimum atomic E-state index is -4.24. The SMILES string of the molecule is C[C@@H]1CCN(C)c2ccc(N3CCC[C@H](C(F)(F)F)C3)nc2N1C(=O)Nc1cccc(-c2cnco2)c1. The molecule has 0 spiro atoms. The van der Waals surface area contributed by atoms with Crippen LogP contribution in [0.1, 0.15) is 26.2 Å².